The maximum absolute atomic E-state index is 5.49. The van der Waals surface area contributed by atoms with Crippen molar-refractivity contribution in [2.24, 2.45) is 9.98 Å². The van der Waals surface area contributed by atoms with Gasteiger partial charge in [-0.2, -0.15) is 0 Å². The average molecular weight is 380 g/mol. The van der Waals surface area contributed by atoms with Crippen LogP contribution in [0.3, 0.4) is 0 Å². The lowest BCUT2D eigenvalue weighted by Crippen LogP contribution is -2.37. The van der Waals surface area contributed by atoms with E-state index < -0.39 is 0 Å². The number of nitrogens with zero attached hydrogens (tertiary/aromatic N) is 6. The van der Waals surface area contributed by atoms with E-state index >= 15 is 0 Å². The van der Waals surface area contributed by atoms with Gasteiger partial charge in [0.2, 0.25) is 0 Å². The van der Waals surface area contributed by atoms with E-state index in [0.29, 0.717) is 25.6 Å². The molecule has 4 rings (SSSR count). The van der Waals surface area contributed by atoms with Crippen LogP contribution in [-0.2, 0) is 4.74 Å². The van der Waals surface area contributed by atoms with Crippen molar-refractivity contribution in [3.63, 3.8) is 0 Å². The van der Waals surface area contributed by atoms with Crippen LogP contribution in [0.15, 0.2) is 34.4 Å². The number of fused-ring (bicyclic) bond motifs is 1. The third-order valence-corrected chi connectivity index (χ3v) is 4.48. The first-order valence-electron chi connectivity index (χ1n) is 9.53. The maximum atomic E-state index is 5.49. The lowest BCUT2D eigenvalue weighted by atomic mass is 10.3. The Morgan fingerprint density at radius 3 is 2.79 bits per heavy atom. The number of aliphatic imine (C=N–C) groups is 2. The lowest BCUT2D eigenvalue weighted by molar-refractivity contribution is 0.122. The number of nitrogens with one attached hydrogen (secondary N) is 2. The number of hydrogen-bond acceptors (Lipinski definition) is 9. The van der Waals surface area contributed by atoms with Gasteiger partial charge in [-0.1, -0.05) is 0 Å². The van der Waals surface area contributed by atoms with E-state index in [1.165, 1.54) is 0 Å². The van der Waals surface area contributed by atoms with Crippen molar-refractivity contribution in [1.29, 1.82) is 0 Å². The largest absolute Gasteiger partial charge is 0.378 e. The SMILES string of the molecule is C1=NCCNCCN=CN/C(c2nc(N3CCOCC3)c3ncccc3n2)=C\1. The number of ether oxygens (including phenoxy) is 1. The third-order valence-electron chi connectivity index (χ3n) is 4.48. The Bertz CT molecular complexity index is 889. The van der Waals surface area contributed by atoms with Crippen LogP contribution in [0.25, 0.3) is 16.7 Å². The van der Waals surface area contributed by atoms with Crippen molar-refractivity contribution in [1.82, 2.24) is 25.6 Å². The van der Waals surface area contributed by atoms with Crippen LogP contribution in [0.2, 0.25) is 0 Å². The molecule has 2 N–H and O–H groups in total. The standard InChI is InChI=1S/C19H24N8O/c1-2-15-17(23-4-1)19(27-10-12-28-13-11-27)26-18(25-15)16-3-5-20-6-7-21-8-9-22-14-24-16/h1-5,14,21H,6-13H2,(H,22,24)/b16-3-,20-5?. The molecule has 1 fully saturated rings. The van der Waals surface area contributed by atoms with Crippen molar-refractivity contribution < 1.29 is 4.74 Å². The van der Waals surface area contributed by atoms with Gasteiger partial charge < -0.3 is 20.3 Å². The zero-order valence-electron chi connectivity index (χ0n) is 15.7. The van der Waals surface area contributed by atoms with Gasteiger partial charge in [0.15, 0.2) is 11.6 Å². The number of pyridine rings is 1. The fourth-order valence-electron chi connectivity index (χ4n) is 3.05. The molecule has 0 unspecified atom stereocenters. The average Bonchev–Trinajstić information content (AvgIpc) is 2.74. The number of morpholine rings is 1. The summed E-state index contributed by atoms with van der Waals surface area (Å²) in [5, 5.41) is 6.50. The van der Waals surface area contributed by atoms with Crippen LogP contribution >= 0.6 is 0 Å². The van der Waals surface area contributed by atoms with Gasteiger partial charge in [-0.25, -0.2) is 9.97 Å². The molecule has 2 aliphatic rings. The summed E-state index contributed by atoms with van der Waals surface area (Å²) in [7, 11) is 0. The number of aromatic nitrogens is 3. The Hall–Kier alpha value is -2.91. The van der Waals surface area contributed by atoms with E-state index in [-0.39, 0.29) is 0 Å². The van der Waals surface area contributed by atoms with Crippen molar-refractivity contribution in [3.05, 3.63) is 30.2 Å². The summed E-state index contributed by atoms with van der Waals surface area (Å²) in [5.41, 5.74) is 2.36. The fourth-order valence-corrected chi connectivity index (χ4v) is 3.05. The molecule has 0 aromatic carbocycles. The molecule has 2 aromatic heterocycles. The Labute approximate surface area is 163 Å². The van der Waals surface area contributed by atoms with Crippen LogP contribution in [-0.4, -0.2) is 80.0 Å². The minimum atomic E-state index is 0.593. The molecule has 0 aliphatic carbocycles. The number of anilines is 1. The van der Waals surface area contributed by atoms with Gasteiger partial charge in [0.25, 0.3) is 0 Å². The van der Waals surface area contributed by atoms with Crippen LogP contribution in [0.4, 0.5) is 5.82 Å². The molecule has 0 atom stereocenters. The minimum absolute atomic E-state index is 0.593. The molecule has 146 valence electrons. The molecule has 0 bridgehead atoms. The van der Waals surface area contributed by atoms with Gasteiger partial charge in [-0.3, -0.25) is 15.0 Å². The molecule has 28 heavy (non-hydrogen) atoms. The molecule has 4 heterocycles. The summed E-state index contributed by atoms with van der Waals surface area (Å²) in [4.78, 5) is 25.1. The van der Waals surface area contributed by atoms with Gasteiger partial charge >= 0.3 is 0 Å². The summed E-state index contributed by atoms with van der Waals surface area (Å²) >= 11 is 0. The molecule has 0 saturated carbocycles. The monoisotopic (exact) mass is 380 g/mol. The first kappa shape index (κ1) is 18.5. The van der Waals surface area contributed by atoms with Crippen LogP contribution < -0.4 is 15.5 Å². The van der Waals surface area contributed by atoms with E-state index in [2.05, 4.69) is 30.5 Å². The molecule has 2 aromatic rings. The summed E-state index contributed by atoms with van der Waals surface area (Å²) in [6, 6.07) is 3.85. The van der Waals surface area contributed by atoms with Crippen LogP contribution in [0.1, 0.15) is 5.82 Å². The predicted octanol–water partition coefficient (Wildman–Crippen LogP) is 0.494. The number of allylic oxidation sites excluding steroid dienone is 1. The quantitative estimate of drug-likeness (QED) is 0.782. The topological polar surface area (TPSA) is 99.9 Å². The molecular weight excluding hydrogens is 356 g/mol. The zero-order valence-corrected chi connectivity index (χ0v) is 15.7. The molecule has 2 aliphatic heterocycles. The Kier molecular flexibility index (Phi) is 6.15. The first-order valence-corrected chi connectivity index (χ1v) is 9.53. The lowest BCUT2D eigenvalue weighted by Gasteiger charge is -2.28. The molecule has 0 amide bonds. The Morgan fingerprint density at radius 1 is 1.04 bits per heavy atom. The predicted molar refractivity (Wildman–Crippen MR) is 111 cm³/mol. The summed E-state index contributed by atoms with van der Waals surface area (Å²) in [6.45, 7) is 6.01. The van der Waals surface area contributed by atoms with Crippen LogP contribution in [0, 0.1) is 0 Å². The molecule has 9 heteroatoms. The van der Waals surface area contributed by atoms with Gasteiger partial charge in [0.1, 0.15) is 5.52 Å². The highest BCUT2D eigenvalue weighted by molar-refractivity contribution is 5.90. The molecule has 0 radical (unpaired) electrons. The second kappa shape index (κ2) is 9.34. The Morgan fingerprint density at radius 2 is 1.89 bits per heavy atom. The second-order valence-electron chi connectivity index (χ2n) is 6.41. The van der Waals surface area contributed by atoms with E-state index in [1.54, 1.807) is 18.7 Å². The third kappa shape index (κ3) is 4.49. The molecular formula is C19H24N8O. The molecule has 0 spiro atoms. The van der Waals surface area contributed by atoms with Gasteiger partial charge in [-0.15, -0.1) is 0 Å². The van der Waals surface area contributed by atoms with E-state index in [1.807, 2.05) is 18.2 Å². The summed E-state index contributed by atoms with van der Waals surface area (Å²) in [6.07, 6.45) is 7.13. The molecule has 1 saturated heterocycles. The van der Waals surface area contributed by atoms with Gasteiger partial charge in [-0.05, 0) is 18.2 Å². The summed E-state index contributed by atoms with van der Waals surface area (Å²) < 4.78 is 5.49. The highest BCUT2D eigenvalue weighted by Gasteiger charge is 2.19. The van der Waals surface area contributed by atoms with E-state index in [9.17, 15) is 0 Å². The van der Waals surface area contributed by atoms with Gasteiger partial charge in [0.05, 0.1) is 43.9 Å². The van der Waals surface area contributed by atoms with Crippen molar-refractivity contribution >= 4 is 35.1 Å². The minimum Gasteiger partial charge on any atom is -0.378 e. The first-order chi connectivity index (χ1) is 13.9. The van der Waals surface area contributed by atoms with E-state index in [4.69, 9.17) is 14.7 Å². The maximum Gasteiger partial charge on any atom is 0.178 e. The fraction of sp³-hybridized carbons (Fsp3) is 0.421. The highest BCUT2D eigenvalue weighted by Crippen LogP contribution is 2.24. The normalized spacial score (nSPS) is 20.7. The van der Waals surface area contributed by atoms with Crippen molar-refractivity contribution in [2.75, 3.05) is 57.4 Å². The van der Waals surface area contributed by atoms with Crippen molar-refractivity contribution in [3.8, 4) is 0 Å². The molecule has 9 nitrogen and oxygen atoms in total. The number of hydrogen-bond donors (Lipinski definition) is 2. The second-order valence-corrected chi connectivity index (χ2v) is 6.41. The van der Waals surface area contributed by atoms with E-state index in [0.717, 1.165) is 55.3 Å². The van der Waals surface area contributed by atoms with Gasteiger partial charge in [0, 0.05) is 38.6 Å². The Balaban J connectivity index is 1.74. The van der Waals surface area contributed by atoms with Crippen LogP contribution in [0.5, 0.6) is 0 Å². The smallest absolute Gasteiger partial charge is 0.178 e. The van der Waals surface area contributed by atoms with Crippen molar-refractivity contribution in [2.45, 2.75) is 0 Å². The zero-order chi connectivity index (χ0) is 19.0. The highest BCUT2D eigenvalue weighted by atomic mass is 16.5. The summed E-state index contributed by atoms with van der Waals surface area (Å²) in [5.74, 6) is 1.42. The number of rotatable bonds is 2.